The van der Waals surface area contributed by atoms with Crippen LogP contribution in [-0.4, -0.2) is 30.0 Å². The average molecular weight is 277 g/mol. The molecule has 0 aliphatic heterocycles. The van der Waals surface area contributed by atoms with Gasteiger partial charge in [0.2, 0.25) is 0 Å². The molecule has 0 aliphatic carbocycles. The van der Waals surface area contributed by atoms with Crippen molar-refractivity contribution in [3.8, 4) is 5.75 Å². The molecule has 0 aromatic heterocycles. The summed E-state index contributed by atoms with van der Waals surface area (Å²) in [5.41, 5.74) is 0. The van der Waals surface area contributed by atoms with Crippen molar-refractivity contribution < 1.29 is 9.53 Å². The van der Waals surface area contributed by atoms with Crippen molar-refractivity contribution in [2.45, 2.75) is 52.6 Å². The summed E-state index contributed by atoms with van der Waals surface area (Å²) in [5.74, 6) is 0.843. The minimum atomic E-state index is -0.425. The first kappa shape index (κ1) is 16.5. The number of hydrogen-bond acceptors (Lipinski definition) is 2. The number of rotatable bonds is 9. The first-order valence-electron chi connectivity index (χ1n) is 7.69. The Kier molecular flexibility index (Phi) is 7.78. The van der Waals surface area contributed by atoms with Crippen LogP contribution in [0.4, 0.5) is 0 Å². The molecule has 1 aromatic rings. The Bertz CT molecular complexity index is 370. The zero-order valence-corrected chi connectivity index (χ0v) is 13.0. The molecule has 0 fully saturated rings. The molecule has 0 bridgehead atoms. The maximum atomic E-state index is 12.5. The SMILES string of the molecule is CCCCN(CCCC)C(=O)[C@H](C)Oc1ccccc1. The predicted octanol–water partition coefficient (Wildman–Crippen LogP) is 3.88. The summed E-state index contributed by atoms with van der Waals surface area (Å²) in [4.78, 5) is 14.4. The fourth-order valence-corrected chi connectivity index (χ4v) is 2.04. The van der Waals surface area contributed by atoms with E-state index < -0.39 is 6.10 Å². The third kappa shape index (κ3) is 5.64. The smallest absolute Gasteiger partial charge is 0.263 e. The number of carbonyl (C=O) groups excluding carboxylic acids is 1. The second kappa shape index (κ2) is 9.40. The van der Waals surface area contributed by atoms with E-state index in [2.05, 4.69) is 13.8 Å². The molecule has 1 amide bonds. The number of benzene rings is 1. The summed E-state index contributed by atoms with van der Waals surface area (Å²) < 4.78 is 5.73. The van der Waals surface area contributed by atoms with Gasteiger partial charge in [0.1, 0.15) is 5.75 Å². The maximum Gasteiger partial charge on any atom is 0.263 e. The summed E-state index contributed by atoms with van der Waals surface area (Å²) in [5, 5.41) is 0. The molecule has 0 unspecified atom stereocenters. The second-order valence-corrected chi connectivity index (χ2v) is 5.11. The van der Waals surface area contributed by atoms with Gasteiger partial charge < -0.3 is 9.64 Å². The molecule has 3 nitrogen and oxygen atoms in total. The molecule has 0 saturated carbocycles. The van der Waals surface area contributed by atoms with Crippen LogP contribution in [0, 0.1) is 0 Å². The highest BCUT2D eigenvalue weighted by Gasteiger charge is 2.21. The van der Waals surface area contributed by atoms with Gasteiger partial charge in [0.05, 0.1) is 0 Å². The molecule has 3 heteroatoms. The Hall–Kier alpha value is -1.51. The molecule has 0 aliphatic rings. The number of hydrogen-bond donors (Lipinski definition) is 0. The quantitative estimate of drug-likeness (QED) is 0.685. The lowest BCUT2D eigenvalue weighted by molar-refractivity contribution is -0.138. The molecule has 1 rings (SSSR count). The highest BCUT2D eigenvalue weighted by atomic mass is 16.5. The molecule has 0 heterocycles. The minimum absolute atomic E-state index is 0.0933. The first-order valence-corrected chi connectivity index (χ1v) is 7.69. The van der Waals surface area contributed by atoms with Crippen molar-refractivity contribution in [1.29, 1.82) is 0 Å². The van der Waals surface area contributed by atoms with Gasteiger partial charge in [0.15, 0.2) is 6.10 Å². The molecule has 0 spiro atoms. The van der Waals surface area contributed by atoms with Crippen LogP contribution in [0.15, 0.2) is 30.3 Å². The van der Waals surface area contributed by atoms with E-state index >= 15 is 0 Å². The molecule has 0 saturated heterocycles. The van der Waals surface area contributed by atoms with Gasteiger partial charge in [-0.1, -0.05) is 44.9 Å². The van der Waals surface area contributed by atoms with Crippen LogP contribution in [0.5, 0.6) is 5.75 Å². The van der Waals surface area contributed by atoms with Crippen LogP contribution in [0.25, 0.3) is 0 Å². The number of carbonyl (C=O) groups is 1. The largest absolute Gasteiger partial charge is 0.481 e. The summed E-state index contributed by atoms with van der Waals surface area (Å²) in [7, 11) is 0. The van der Waals surface area contributed by atoms with E-state index in [-0.39, 0.29) is 5.91 Å². The monoisotopic (exact) mass is 277 g/mol. The lowest BCUT2D eigenvalue weighted by Crippen LogP contribution is -2.41. The summed E-state index contributed by atoms with van der Waals surface area (Å²) in [6.45, 7) is 7.79. The lowest BCUT2D eigenvalue weighted by Gasteiger charge is -2.26. The van der Waals surface area contributed by atoms with Crippen molar-refractivity contribution in [2.24, 2.45) is 0 Å². The molecule has 0 N–H and O–H groups in total. The number of amides is 1. The Balaban J connectivity index is 2.57. The molecule has 1 aromatic carbocycles. The predicted molar refractivity (Wildman–Crippen MR) is 82.9 cm³/mol. The van der Waals surface area contributed by atoms with E-state index in [0.29, 0.717) is 0 Å². The van der Waals surface area contributed by atoms with E-state index in [1.54, 1.807) is 0 Å². The van der Waals surface area contributed by atoms with Gasteiger partial charge in [0.25, 0.3) is 5.91 Å². The number of ether oxygens (including phenoxy) is 1. The molecule has 1 atom stereocenters. The molecule has 0 radical (unpaired) electrons. The number of nitrogens with zero attached hydrogens (tertiary/aromatic N) is 1. The fraction of sp³-hybridized carbons (Fsp3) is 0.588. The van der Waals surface area contributed by atoms with Gasteiger partial charge >= 0.3 is 0 Å². The van der Waals surface area contributed by atoms with Crippen LogP contribution >= 0.6 is 0 Å². The van der Waals surface area contributed by atoms with Gasteiger partial charge in [-0.25, -0.2) is 0 Å². The number of unbranched alkanes of at least 4 members (excludes halogenated alkanes) is 2. The number of para-hydroxylation sites is 1. The Morgan fingerprint density at radius 1 is 1.10 bits per heavy atom. The van der Waals surface area contributed by atoms with E-state index in [1.807, 2.05) is 42.2 Å². The normalized spacial score (nSPS) is 11.9. The van der Waals surface area contributed by atoms with Gasteiger partial charge in [-0.3, -0.25) is 4.79 Å². The van der Waals surface area contributed by atoms with Gasteiger partial charge in [-0.05, 0) is 31.9 Å². The van der Waals surface area contributed by atoms with Crippen molar-refractivity contribution >= 4 is 5.91 Å². The summed E-state index contributed by atoms with van der Waals surface area (Å²) >= 11 is 0. The van der Waals surface area contributed by atoms with Crippen molar-refractivity contribution in [1.82, 2.24) is 4.90 Å². The van der Waals surface area contributed by atoms with E-state index in [9.17, 15) is 4.79 Å². The first-order chi connectivity index (χ1) is 9.69. The topological polar surface area (TPSA) is 29.5 Å². The van der Waals surface area contributed by atoms with Crippen LogP contribution in [0.3, 0.4) is 0 Å². The van der Waals surface area contributed by atoms with Crippen LogP contribution in [-0.2, 0) is 4.79 Å². The van der Waals surface area contributed by atoms with E-state index in [0.717, 1.165) is 44.5 Å². The maximum absolute atomic E-state index is 12.5. The van der Waals surface area contributed by atoms with Crippen molar-refractivity contribution in [3.05, 3.63) is 30.3 Å². The highest BCUT2D eigenvalue weighted by Crippen LogP contribution is 2.12. The fourth-order valence-electron chi connectivity index (χ4n) is 2.04. The van der Waals surface area contributed by atoms with Crippen molar-refractivity contribution in [2.75, 3.05) is 13.1 Å². The standard InChI is InChI=1S/C17H27NO2/c1-4-6-13-18(14-7-5-2)17(19)15(3)20-16-11-9-8-10-12-16/h8-12,15H,4-7,13-14H2,1-3H3/t15-/m0/s1. The van der Waals surface area contributed by atoms with Crippen LogP contribution in [0.1, 0.15) is 46.5 Å². The molecule has 112 valence electrons. The zero-order valence-electron chi connectivity index (χ0n) is 13.0. The van der Waals surface area contributed by atoms with E-state index in [4.69, 9.17) is 4.74 Å². The third-order valence-corrected chi connectivity index (χ3v) is 3.28. The molecular formula is C17H27NO2. The van der Waals surface area contributed by atoms with Gasteiger partial charge in [0, 0.05) is 13.1 Å². The Morgan fingerprint density at radius 3 is 2.15 bits per heavy atom. The molecule has 20 heavy (non-hydrogen) atoms. The Morgan fingerprint density at radius 2 is 1.65 bits per heavy atom. The molecular weight excluding hydrogens is 250 g/mol. The second-order valence-electron chi connectivity index (χ2n) is 5.11. The van der Waals surface area contributed by atoms with E-state index in [1.165, 1.54) is 0 Å². The van der Waals surface area contributed by atoms with Crippen molar-refractivity contribution in [3.63, 3.8) is 0 Å². The zero-order chi connectivity index (χ0) is 14.8. The lowest BCUT2D eigenvalue weighted by atomic mass is 10.2. The summed E-state index contributed by atoms with van der Waals surface area (Å²) in [6, 6.07) is 9.53. The van der Waals surface area contributed by atoms with Crippen LogP contribution < -0.4 is 4.74 Å². The average Bonchev–Trinajstić information content (AvgIpc) is 2.48. The third-order valence-electron chi connectivity index (χ3n) is 3.28. The minimum Gasteiger partial charge on any atom is -0.481 e. The van der Waals surface area contributed by atoms with Gasteiger partial charge in [-0.2, -0.15) is 0 Å². The van der Waals surface area contributed by atoms with Gasteiger partial charge in [-0.15, -0.1) is 0 Å². The van der Waals surface area contributed by atoms with Crippen LogP contribution in [0.2, 0.25) is 0 Å². The highest BCUT2D eigenvalue weighted by molar-refractivity contribution is 5.80. The summed E-state index contributed by atoms with van der Waals surface area (Å²) in [6.07, 6.45) is 3.88. The Labute approximate surface area is 122 Å².